The van der Waals surface area contributed by atoms with Crippen LogP contribution in [0.3, 0.4) is 0 Å². The van der Waals surface area contributed by atoms with Crippen molar-refractivity contribution in [3.63, 3.8) is 0 Å². The van der Waals surface area contributed by atoms with E-state index in [9.17, 15) is 94.4 Å². The summed E-state index contributed by atoms with van der Waals surface area (Å²) in [5.41, 5.74) is 6.67. The number of nitrogens with two attached hydrogens (primary N) is 1. The Morgan fingerprint density at radius 1 is 0.608 bits per heavy atom. The molecular formula is C47H69F6N9O17. The summed E-state index contributed by atoms with van der Waals surface area (Å²) in [6.45, 7) is 5.99. The van der Waals surface area contributed by atoms with Crippen molar-refractivity contribution in [1.82, 2.24) is 42.5 Å². The summed E-state index contributed by atoms with van der Waals surface area (Å²) < 4.78 is 89.4. The van der Waals surface area contributed by atoms with E-state index in [1.54, 1.807) is 70.3 Å². The average molecular weight is 1150 g/mol. The van der Waals surface area contributed by atoms with Crippen LogP contribution in [-0.2, 0) is 68.8 Å². The third kappa shape index (κ3) is 25.8. The number of amides is 8. The van der Waals surface area contributed by atoms with Crippen LogP contribution in [0.5, 0.6) is 0 Å². The predicted molar refractivity (Wildman–Crippen MR) is 260 cm³/mol. The van der Waals surface area contributed by atoms with Gasteiger partial charge in [0, 0.05) is 6.54 Å². The lowest BCUT2D eigenvalue weighted by Crippen LogP contribution is -2.62. The number of hydrogen-bond donors (Lipinski definition) is 12. The SMILES string of the molecule is CC[C@H](C)[C@H](NC(=O)[C@@H](CCCNC(=O)OCc1ccccc1)NC(=O)[C@H](CC(C)C)NC(=O)[C@@H](N)[C@H](O)C(C)C)C(=O)N[C@H](C(=O)NCC(=O)N[C@@H](COC(=O)C(F)(F)F)C(=O)N[C@@H](COC(=O)C(F)(F)F)C(=O)O)[C@H](C)O. The smallest absolute Gasteiger partial charge is 0.480 e. The zero-order chi connectivity index (χ0) is 60.5. The van der Waals surface area contributed by atoms with Crippen molar-refractivity contribution in [2.45, 2.75) is 148 Å². The summed E-state index contributed by atoms with van der Waals surface area (Å²) in [4.78, 5) is 141. The molecule has 0 heterocycles. The second-order valence-electron chi connectivity index (χ2n) is 18.7. The van der Waals surface area contributed by atoms with Gasteiger partial charge in [0.1, 0.15) is 56.1 Å². The largest absolute Gasteiger partial charge is 0.490 e. The Balaban J connectivity index is 3.39. The van der Waals surface area contributed by atoms with Gasteiger partial charge in [0.25, 0.3) is 0 Å². The number of aliphatic hydroxyl groups excluding tert-OH is 2. The first-order chi connectivity index (χ1) is 36.6. The standard InChI is InChI=1S/C47H69F6N9O17/c1-8-24(6)33(61-36(66)27(15-12-16-55-45(76)79-19-26-13-10-9-11-14-26)58-37(67)28(17-22(2)3)59-39(69)32(54)35(65)23(4)5)41(71)62-34(25(7)63)40(70)56-18-31(64)57-29(20-77-43(74)46(48,49)50)38(68)60-30(42(72)73)21-78-44(75)47(51,52)53/h9-11,13-14,22-25,27-30,32-35,63,65H,8,12,15-21,54H2,1-7H3,(H,55,76)(H,56,70)(H,57,64)(H,58,67)(H,59,69)(H,60,68)(H,61,66)(H,62,71)(H,72,73)/t24-,25-,27+,28-,29-,30-,32-,33-,34-,35+/m0/s1. The van der Waals surface area contributed by atoms with Gasteiger partial charge in [0.05, 0.1) is 18.8 Å². The minimum absolute atomic E-state index is 0.00102. The van der Waals surface area contributed by atoms with Gasteiger partial charge in [-0.05, 0) is 49.5 Å². The number of ether oxygens (including phenoxy) is 3. The molecule has 446 valence electrons. The van der Waals surface area contributed by atoms with Crippen molar-refractivity contribution in [2.24, 2.45) is 23.5 Å². The van der Waals surface area contributed by atoms with Gasteiger partial charge >= 0.3 is 36.4 Å². The van der Waals surface area contributed by atoms with E-state index in [1.807, 2.05) is 5.32 Å². The molecule has 0 fully saturated rings. The lowest BCUT2D eigenvalue weighted by Gasteiger charge is -2.30. The van der Waals surface area contributed by atoms with Crippen molar-refractivity contribution < 1.29 is 109 Å². The van der Waals surface area contributed by atoms with Crippen molar-refractivity contribution in [2.75, 3.05) is 26.3 Å². The Kier molecular flexibility index (Phi) is 29.2. The summed E-state index contributed by atoms with van der Waals surface area (Å²) >= 11 is 0. The number of carbonyl (C=O) groups excluding carboxylic acids is 10. The molecule has 79 heavy (non-hydrogen) atoms. The van der Waals surface area contributed by atoms with Crippen LogP contribution in [0.25, 0.3) is 0 Å². The molecule has 1 aromatic rings. The van der Waals surface area contributed by atoms with Gasteiger partial charge in [0.2, 0.25) is 41.4 Å². The fourth-order valence-corrected chi connectivity index (χ4v) is 6.59. The lowest BCUT2D eigenvalue weighted by molar-refractivity contribution is -0.201. The molecule has 10 atom stereocenters. The van der Waals surface area contributed by atoms with Crippen LogP contribution in [0.15, 0.2) is 30.3 Å². The number of aliphatic carboxylic acids is 1. The van der Waals surface area contributed by atoms with Crippen LogP contribution < -0.4 is 48.3 Å². The highest BCUT2D eigenvalue weighted by atomic mass is 19.4. The van der Waals surface area contributed by atoms with Crippen LogP contribution >= 0.6 is 0 Å². The Hall–Kier alpha value is -7.35. The Morgan fingerprint density at radius 3 is 1.62 bits per heavy atom. The molecule has 0 unspecified atom stereocenters. The predicted octanol–water partition coefficient (Wildman–Crippen LogP) is -1.17. The number of benzene rings is 1. The van der Waals surface area contributed by atoms with Gasteiger partial charge in [-0.15, -0.1) is 0 Å². The van der Waals surface area contributed by atoms with E-state index < -0.39 is 164 Å². The average Bonchev–Trinajstić information content (AvgIpc) is 3.36. The maximum atomic E-state index is 14.2. The number of aliphatic hydroxyl groups is 2. The molecule has 32 heteroatoms. The van der Waals surface area contributed by atoms with Gasteiger partial charge in [0.15, 0.2) is 6.04 Å². The second kappa shape index (κ2) is 33.2. The molecule has 0 bridgehead atoms. The number of carboxylic acid groups (broad SMARTS) is 1. The van der Waals surface area contributed by atoms with E-state index in [0.717, 1.165) is 6.92 Å². The number of carboxylic acids is 1. The zero-order valence-corrected chi connectivity index (χ0v) is 44.1. The first kappa shape index (κ1) is 69.7. The van der Waals surface area contributed by atoms with Gasteiger partial charge < -0.3 is 77.8 Å². The highest BCUT2D eigenvalue weighted by Gasteiger charge is 2.44. The minimum Gasteiger partial charge on any atom is -0.480 e. The fraction of sp³-hybridized carbons (Fsp3) is 0.638. The zero-order valence-electron chi connectivity index (χ0n) is 44.1. The first-order valence-corrected chi connectivity index (χ1v) is 24.5. The number of hydrogen-bond acceptors (Lipinski definition) is 17. The molecule has 0 aliphatic carbocycles. The van der Waals surface area contributed by atoms with Crippen LogP contribution in [0, 0.1) is 17.8 Å². The molecule has 0 saturated heterocycles. The number of halogens is 6. The van der Waals surface area contributed by atoms with Gasteiger partial charge in [-0.25, -0.2) is 19.2 Å². The molecule has 0 aliphatic rings. The summed E-state index contributed by atoms with van der Waals surface area (Å²) in [5, 5.41) is 47.8. The molecular weight excluding hydrogens is 1080 g/mol. The normalized spacial score (nSPS) is 15.4. The Bertz CT molecular complexity index is 2240. The molecule has 0 aliphatic heterocycles. The topological polar surface area (TPSA) is 398 Å². The van der Waals surface area contributed by atoms with Crippen molar-refractivity contribution in [1.29, 1.82) is 0 Å². The number of esters is 2. The first-order valence-electron chi connectivity index (χ1n) is 24.5. The maximum Gasteiger partial charge on any atom is 0.490 e. The van der Waals surface area contributed by atoms with E-state index in [1.165, 1.54) is 12.2 Å². The van der Waals surface area contributed by atoms with Crippen LogP contribution in [0.4, 0.5) is 31.1 Å². The number of carbonyl (C=O) groups is 11. The molecule has 0 spiro atoms. The number of rotatable bonds is 32. The molecule has 26 nitrogen and oxygen atoms in total. The molecule has 13 N–H and O–H groups in total. The van der Waals surface area contributed by atoms with E-state index in [-0.39, 0.29) is 44.8 Å². The Labute approximate surface area is 449 Å². The minimum atomic E-state index is -5.67. The molecule has 8 amide bonds. The van der Waals surface area contributed by atoms with E-state index in [0.29, 0.717) is 5.56 Å². The van der Waals surface area contributed by atoms with E-state index in [4.69, 9.17) is 10.5 Å². The number of alkyl halides is 6. The summed E-state index contributed by atoms with van der Waals surface area (Å²) in [6, 6.07) is -4.12. The summed E-state index contributed by atoms with van der Waals surface area (Å²) in [6.07, 6.45) is -15.2. The summed E-state index contributed by atoms with van der Waals surface area (Å²) in [7, 11) is 0. The van der Waals surface area contributed by atoms with E-state index in [2.05, 4.69) is 36.1 Å². The molecule has 1 rings (SSSR count). The molecule has 0 saturated carbocycles. The highest BCUT2D eigenvalue weighted by Crippen LogP contribution is 2.18. The van der Waals surface area contributed by atoms with Crippen molar-refractivity contribution in [3.05, 3.63) is 35.9 Å². The van der Waals surface area contributed by atoms with Gasteiger partial charge in [-0.1, -0.05) is 78.3 Å². The third-order valence-electron chi connectivity index (χ3n) is 11.2. The van der Waals surface area contributed by atoms with Crippen LogP contribution in [-0.4, -0.2) is 174 Å². The van der Waals surface area contributed by atoms with E-state index >= 15 is 0 Å². The molecule has 1 aromatic carbocycles. The summed E-state index contributed by atoms with van der Waals surface area (Å²) in [5.74, 6) is -18.0. The quantitative estimate of drug-likeness (QED) is 0.0175. The Morgan fingerprint density at radius 2 is 1.11 bits per heavy atom. The van der Waals surface area contributed by atoms with Crippen molar-refractivity contribution >= 4 is 65.4 Å². The lowest BCUT2D eigenvalue weighted by atomic mass is 9.96. The monoisotopic (exact) mass is 1150 g/mol. The van der Waals surface area contributed by atoms with Crippen molar-refractivity contribution in [3.8, 4) is 0 Å². The number of alkyl carbamates (subject to hydrolysis) is 1. The van der Waals surface area contributed by atoms with Crippen LogP contribution in [0.1, 0.15) is 79.7 Å². The fourth-order valence-electron chi connectivity index (χ4n) is 6.59. The molecule has 0 radical (unpaired) electrons. The molecule has 0 aromatic heterocycles. The van der Waals surface area contributed by atoms with Gasteiger partial charge in [-0.3, -0.25) is 33.6 Å². The van der Waals surface area contributed by atoms with Gasteiger partial charge in [-0.2, -0.15) is 26.3 Å². The second-order valence-corrected chi connectivity index (χ2v) is 18.7. The maximum absolute atomic E-state index is 14.2. The number of nitrogens with one attached hydrogen (secondary N) is 8. The third-order valence-corrected chi connectivity index (χ3v) is 11.2. The van der Waals surface area contributed by atoms with Crippen LogP contribution in [0.2, 0.25) is 0 Å². The highest BCUT2D eigenvalue weighted by molar-refractivity contribution is 5.97.